The Kier molecular flexibility index (Phi) is 4.73. The molecule has 1 aliphatic rings. The third-order valence-electron chi connectivity index (χ3n) is 3.74. The third-order valence-corrected chi connectivity index (χ3v) is 5.27. The SMILES string of the molecule is COc1ccccc1NC(=O)c1ccc(F)c(S(=O)(=O)NC2CC2)c1. The summed E-state index contributed by atoms with van der Waals surface area (Å²) in [5.74, 6) is -1.00. The van der Waals surface area contributed by atoms with Crippen LogP contribution in [-0.4, -0.2) is 27.5 Å². The highest BCUT2D eigenvalue weighted by Gasteiger charge is 2.30. The molecule has 132 valence electrons. The number of amides is 1. The highest BCUT2D eigenvalue weighted by molar-refractivity contribution is 7.89. The maximum absolute atomic E-state index is 14.0. The van der Waals surface area contributed by atoms with E-state index in [4.69, 9.17) is 4.74 Å². The molecule has 1 amide bonds. The molecule has 0 bridgehead atoms. The quantitative estimate of drug-likeness (QED) is 0.825. The van der Waals surface area contributed by atoms with Crippen LogP contribution in [0.2, 0.25) is 0 Å². The van der Waals surface area contributed by atoms with Crippen LogP contribution in [0.4, 0.5) is 10.1 Å². The number of hydrogen-bond acceptors (Lipinski definition) is 4. The Morgan fingerprint density at radius 3 is 2.60 bits per heavy atom. The predicted molar refractivity (Wildman–Crippen MR) is 90.7 cm³/mol. The lowest BCUT2D eigenvalue weighted by atomic mass is 10.2. The van der Waals surface area contributed by atoms with Crippen molar-refractivity contribution in [2.24, 2.45) is 0 Å². The predicted octanol–water partition coefficient (Wildman–Crippen LogP) is 2.53. The summed E-state index contributed by atoms with van der Waals surface area (Å²) in [7, 11) is -2.53. The fourth-order valence-electron chi connectivity index (χ4n) is 2.28. The van der Waals surface area contributed by atoms with E-state index in [1.54, 1.807) is 24.3 Å². The van der Waals surface area contributed by atoms with E-state index < -0.39 is 26.6 Å². The van der Waals surface area contributed by atoms with Crippen molar-refractivity contribution in [1.29, 1.82) is 0 Å². The van der Waals surface area contributed by atoms with Gasteiger partial charge in [0.2, 0.25) is 10.0 Å². The molecule has 0 aliphatic heterocycles. The minimum Gasteiger partial charge on any atom is -0.495 e. The van der Waals surface area contributed by atoms with Crippen molar-refractivity contribution in [2.75, 3.05) is 12.4 Å². The molecule has 0 unspecified atom stereocenters. The zero-order valence-corrected chi connectivity index (χ0v) is 14.3. The number of rotatable bonds is 6. The highest BCUT2D eigenvalue weighted by Crippen LogP contribution is 2.26. The van der Waals surface area contributed by atoms with E-state index in [-0.39, 0.29) is 11.6 Å². The number of carbonyl (C=O) groups excluding carboxylic acids is 1. The molecule has 0 spiro atoms. The number of ether oxygens (including phenoxy) is 1. The molecule has 0 atom stereocenters. The number of benzene rings is 2. The van der Waals surface area contributed by atoms with Gasteiger partial charge in [-0.3, -0.25) is 4.79 Å². The second-order valence-electron chi connectivity index (χ2n) is 5.70. The summed E-state index contributed by atoms with van der Waals surface area (Å²) >= 11 is 0. The topological polar surface area (TPSA) is 84.5 Å². The monoisotopic (exact) mass is 364 g/mol. The molecule has 25 heavy (non-hydrogen) atoms. The molecule has 3 rings (SSSR count). The number of anilines is 1. The number of hydrogen-bond donors (Lipinski definition) is 2. The highest BCUT2D eigenvalue weighted by atomic mass is 32.2. The molecule has 6 nitrogen and oxygen atoms in total. The summed E-state index contributed by atoms with van der Waals surface area (Å²) in [5, 5.41) is 2.63. The Hall–Kier alpha value is -2.45. The second-order valence-corrected chi connectivity index (χ2v) is 7.38. The van der Waals surface area contributed by atoms with E-state index in [0.717, 1.165) is 25.0 Å². The molecule has 2 N–H and O–H groups in total. The second kappa shape index (κ2) is 6.81. The summed E-state index contributed by atoms with van der Waals surface area (Å²) in [6, 6.07) is 9.87. The maximum atomic E-state index is 14.0. The van der Waals surface area contributed by atoms with Crippen LogP contribution in [0.5, 0.6) is 5.75 Å². The average Bonchev–Trinajstić information content (AvgIpc) is 3.38. The maximum Gasteiger partial charge on any atom is 0.255 e. The summed E-state index contributed by atoms with van der Waals surface area (Å²) in [6.45, 7) is 0. The van der Waals surface area contributed by atoms with Crippen molar-refractivity contribution in [2.45, 2.75) is 23.8 Å². The summed E-state index contributed by atoms with van der Waals surface area (Å²) in [4.78, 5) is 11.9. The van der Waals surface area contributed by atoms with Gasteiger partial charge in [0, 0.05) is 11.6 Å². The van der Waals surface area contributed by atoms with Crippen molar-refractivity contribution >= 4 is 21.6 Å². The smallest absolute Gasteiger partial charge is 0.255 e. The molecule has 8 heteroatoms. The first-order chi connectivity index (χ1) is 11.9. The fourth-order valence-corrected chi connectivity index (χ4v) is 3.69. The zero-order chi connectivity index (χ0) is 18.0. The van der Waals surface area contributed by atoms with Gasteiger partial charge < -0.3 is 10.1 Å². The van der Waals surface area contributed by atoms with E-state index in [0.29, 0.717) is 11.4 Å². The van der Waals surface area contributed by atoms with E-state index in [1.807, 2.05) is 0 Å². The summed E-state index contributed by atoms with van der Waals surface area (Å²) < 4.78 is 46.0. The summed E-state index contributed by atoms with van der Waals surface area (Å²) in [5.41, 5.74) is 0.461. The minimum atomic E-state index is -4.00. The fraction of sp³-hybridized carbons (Fsp3) is 0.235. The number of carbonyl (C=O) groups is 1. The Morgan fingerprint density at radius 2 is 1.92 bits per heavy atom. The van der Waals surface area contributed by atoms with Gasteiger partial charge in [0.05, 0.1) is 12.8 Å². The first-order valence-corrected chi connectivity index (χ1v) is 9.15. The van der Waals surface area contributed by atoms with Gasteiger partial charge >= 0.3 is 0 Å². The lowest BCUT2D eigenvalue weighted by molar-refractivity contribution is 0.102. The largest absolute Gasteiger partial charge is 0.495 e. The van der Waals surface area contributed by atoms with Crippen LogP contribution >= 0.6 is 0 Å². The Morgan fingerprint density at radius 1 is 1.20 bits per heavy atom. The van der Waals surface area contributed by atoms with Crippen LogP contribution in [0.25, 0.3) is 0 Å². The van der Waals surface area contributed by atoms with Gasteiger partial charge in [0.15, 0.2) is 0 Å². The van der Waals surface area contributed by atoms with Gasteiger partial charge in [0.25, 0.3) is 5.91 Å². The first kappa shape index (κ1) is 17.4. The van der Waals surface area contributed by atoms with E-state index in [9.17, 15) is 17.6 Å². The van der Waals surface area contributed by atoms with Crippen molar-refractivity contribution in [3.05, 3.63) is 53.8 Å². The van der Waals surface area contributed by atoms with Gasteiger partial charge in [-0.2, -0.15) is 0 Å². The van der Waals surface area contributed by atoms with Crippen LogP contribution < -0.4 is 14.8 Å². The van der Waals surface area contributed by atoms with Crippen LogP contribution in [0, 0.1) is 5.82 Å². The zero-order valence-electron chi connectivity index (χ0n) is 13.5. The van der Waals surface area contributed by atoms with Crippen LogP contribution in [0.3, 0.4) is 0 Å². The van der Waals surface area contributed by atoms with Crippen molar-refractivity contribution in [3.63, 3.8) is 0 Å². The number of halogens is 1. The van der Waals surface area contributed by atoms with Crippen molar-refractivity contribution in [1.82, 2.24) is 4.72 Å². The molecule has 2 aromatic carbocycles. The average molecular weight is 364 g/mol. The number of para-hydroxylation sites is 2. The minimum absolute atomic E-state index is 0.0310. The standard InChI is InChI=1S/C17H17FN2O4S/c1-24-15-5-3-2-4-14(15)19-17(21)11-6-9-13(18)16(10-11)25(22,23)20-12-7-8-12/h2-6,9-10,12,20H,7-8H2,1H3,(H,19,21). The number of nitrogens with one attached hydrogen (secondary N) is 2. The molecular weight excluding hydrogens is 347 g/mol. The van der Waals surface area contributed by atoms with Crippen LogP contribution in [0.15, 0.2) is 47.4 Å². The molecule has 1 saturated carbocycles. The van der Waals surface area contributed by atoms with Gasteiger partial charge in [-0.25, -0.2) is 17.5 Å². The molecule has 0 heterocycles. The normalized spacial score (nSPS) is 14.2. The molecular formula is C17H17FN2O4S. The van der Waals surface area contributed by atoms with Crippen LogP contribution in [-0.2, 0) is 10.0 Å². The van der Waals surface area contributed by atoms with E-state index in [2.05, 4.69) is 10.0 Å². The Bertz CT molecular complexity index is 911. The van der Waals surface area contributed by atoms with Crippen LogP contribution in [0.1, 0.15) is 23.2 Å². The lowest BCUT2D eigenvalue weighted by Crippen LogP contribution is -2.27. The Balaban J connectivity index is 1.87. The lowest BCUT2D eigenvalue weighted by Gasteiger charge is -2.11. The molecule has 0 radical (unpaired) electrons. The van der Waals surface area contributed by atoms with Gasteiger partial charge in [-0.15, -0.1) is 0 Å². The van der Waals surface area contributed by atoms with Crippen molar-refractivity contribution in [3.8, 4) is 5.75 Å². The van der Waals surface area contributed by atoms with Gasteiger partial charge in [-0.05, 0) is 43.2 Å². The molecule has 2 aromatic rings. The first-order valence-electron chi connectivity index (χ1n) is 7.67. The van der Waals surface area contributed by atoms with E-state index >= 15 is 0 Å². The van der Waals surface area contributed by atoms with Crippen molar-refractivity contribution < 1.29 is 22.3 Å². The molecule has 1 aliphatic carbocycles. The van der Waals surface area contributed by atoms with Gasteiger partial charge in [0.1, 0.15) is 16.5 Å². The molecule has 0 aromatic heterocycles. The third kappa shape index (κ3) is 3.97. The van der Waals surface area contributed by atoms with Gasteiger partial charge in [-0.1, -0.05) is 12.1 Å². The molecule has 0 saturated heterocycles. The number of methoxy groups -OCH3 is 1. The summed E-state index contributed by atoms with van der Waals surface area (Å²) in [6.07, 6.45) is 1.46. The molecule has 1 fully saturated rings. The van der Waals surface area contributed by atoms with E-state index in [1.165, 1.54) is 13.2 Å². The number of sulfonamides is 1. The Labute approximate surface area is 145 Å².